The molecule has 7 heteroatoms. The summed E-state index contributed by atoms with van der Waals surface area (Å²) >= 11 is 1.53. The standard InChI is InChI=1S/C14H15N5OS/c1-9-4-6-11(7-5-9)13-17-16-12(20-13)10(2)21-14-18-15-8-19(14)3/h4-8,10H,1-3H3/t10-/m0/s1. The lowest BCUT2D eigenvalue weighted by Crippen LogP contribution is -1.94. The molecule has 0 amide bonds. The molecule has 2 aromatic heterocycles. The Labute approximate surface area is 126 Å². The largest absolute Gasteiger partial charge is 0.419 e. The van der Waals surface area contributed by atoms with E-state index in [4.69, 9.17) is 4.42 Å². The van der Waals surface area contributed by atoms with E-state index in [-0.39, 0.29) is 5.25 Å². The van der Waals surface area contributed by atoms with Crippen molar-refractivity contribution >= 4 is 11.8 Å². The summed E-state index contributed by atoms with van der Waals surface area (Å²) in [6, 6.07) is 8.01. The molecule has 0 saturated carbocycles. The van der Waals surface area contributed by atoms with E-state index in [2.05, 4.69) is 20.4 Å². The van der Waals surface area contributed by atoms with Crippen LogP contribution in [0.3, 0.4) is 0 Å². The highest BCUT2D eigenvalue weighted by molar-refractivity contribution is 7.99. The Hall–Kier alpha value is -2.15. The van der Waals surface area contributed by atoms with Gasteiger partial charge in [0.2, 0.25) is 11.8 Å². The number of aryl methyl sites for hydroxylation is 2. The second kappa shape index (κ2) is 5.69. The molecule has 0 radical (unpaired) electrons. The Bertz CT molecular complexity index is 734. The molecule has 2 heterocycles. The molecule has 0 unspecified atom stereocenters. The highest BCUT2D eigenvalue weighted by atomic mass is 32.2. The van der Waals surface area contributed by atoms with Crippen LogP contribution in [0.2, 0.25) is 0 Å². The number of benzene rings is 1. The van der Waals surface area contributed by atoms with Gasteiger partial charge in [0.1, 0.15) is 6.33 Å². The zero-order valence-electron chi connectivity index (χ0n) is 12.0. The molecular weight excluding hydrogens is 286 g/mol. The second-order valence-electron chi connectivity index (χ2n) is 4.80. The molecule has 1 aromatic carbocycles. The van der Waals surface area contributed by atoms with Crippen molar-refractivity contribution in [1.29, 1.82) is 0 Å². The van der Waals surface area contributed by atoms with Crippen LogP contribution >= 0.6 is 11.8 Å². The molecular formula is C14H15N5OS. The van der Waals surface area contributed by atoms with E-state index in [1.54, 1.807) is 6.33 Å². The fourth-order valence-electron chi connectivity index (χ4n) is 1.80. The number of hydrogen-bond donors (Lipinski definition) is 0. The first-order chi connectivity index (χ1) is 10.1. The average molecular weight is 301 g/mol. The second-order valence-corrected chi connectivity index (χ2v) is 6.10. The quantitative estimate of drug-likeness (QED) is 0.690. The maximum atomic E-state index is 5.76. The van der Waals surface area contributed by atoms with Crippen molar-refractivity contribution in [2.24, 2.45) is 7.05 Å². The van der Waals surface area contributed by atoms with Gasteiger partial charge in [-0.2, -0.15) is 0 Å². The van der Waals surface area contributed by atoms with Crippen molar-refractivity contribution in [3.05, 3.63) is 42.0 Å². The molecule has 3 aromatic rings. The van der Waals surface area contributed by atoms with Crippen molar-refractivity contribution < 1.29 is 4.42 Å². The van der Waals surface area contributed by atoms with E-state index in [9.17, 15) is 0 Å². The van der Waals surface area contributed by atoms with E-state index in [0.29, 0.717) is 11.8 Å². The van der Waals surface area contributed by atoms with Crippen LogP contribution < -0.4 is 0 Å². The molecule has 6 nitrogen and oxygen atoms in total. The third-order valence-corrected chi connectivity index (χ3v) is 4.17. The molecule has 0 fully saturated rings. The van der Waals surface area contributed by atoms with Crippen LogP contribution in [-0.4, -0.2) is 25.0 Å². The van der Waals surface area contributed by atoms with Gasteiger partial charge in [0.25, 0.3) is 0 Å². The van der Waals surface area contributed by atoms with E-state index in [1.807, 2.05) is 49.7 Å². The molecule has 0 saturated heterocycles. The highest BCUT2D eigenvalue weighted by Crippen LogP contribution is 2.33. The predicted molar refractivity (Wildman–Crippen MR) is 79.7 cm³/mol. The molecule has 0 N–H and O–H groups in total. The lowest BCUT2D eigenvalue weighted by molar-refractivity contribution is 0.508. The Balaban J connectivity index is 1.78. The molecule has 0 spiro atoms. The first kappa shape index (κ1) is 13.8. The lowest BCUT2D eigenvalue weighted by Gasteiger charge is -2.04. The molecule has 3 rings (SSSR count). The van der Waals surface area contributed by atoms with E-state index in [0.717, 1.165) is 10.7 Å². The third-order valence-electron chi connectivity index (χ3n) is 3.04. The van der Waals surface area contributed by atoms with Gasteiger partial charge in [-0.3, -0.25) is 0 Å². The molecule has 0 aliphatic heterocycles. The fourth-order valence-corrected chi connectivity index (χ4v) is 2.62. The van der Waals surface area contributed by atoms with Gasteiger partial charge in [-0.15, -0.1) is 20.4 Å². The number of hydrogen-bond acceptors (Lipinski definition) is 6. The van der Waals surface area contributed by atoms with Gasteiger partial charge < -0.3 is 8.98 Å². The van der Waals surface area contributed by atoms with Crippen molar-refractivity contribution in [1.82, 2.24) is 25.0 Å². The number of thioether (sulfide) groups is 1. The number of aromatic nitrogens is 5. The minimum atomic E-state index is 0.0135. The van der Waals surface area contributed by atoms with Crippen LogP contribution in [0.25, 0.3) is 11.5 Å². The first-order valence-electron chi connectivity index (χ1n) is 6.54. The fraction of sp³-hybridized carbons (Fsp3) is 0.286. The van der Waals surface area contributed by atoms with E-state index < -0.39 is 0 Å². The average Bonchev–Trinajstić information content (AvgIpc) is 3.10. The number of nitrogens with zero attached hydrogens (tertiary/aromatic N) is 5. The van der Waals surface area contributed by atoms with E-state index >= 15 is 0 Å². The summed E-state index contributed by atoms with van der Waals surface area (Å²) in [7, 11) is 1.90. The van der Waals surface area contributed by atoms with Gasteiger partial charge >= 0.3 is 0 Å². The molecule has 1 atom stereocenters. The predicted octanol–water partition coefficient (Wildman–Crippen LogP) is 3.03. The zero-order chi connectivity index (χ0) is 14.8. The number of rotatable bonds is 4. The maximum Gasteiger partial charge on any atom is 0.247 e. The first-order valence-corrected chi connectivity index (χ1v) is 7.42. The monoisotopic (exact) mass is 301 g/mol. The summed E-state index contributed by atoms with van der Waals surface area (Å²) in [5.74, 6) is 1.12. The SMILES string of the molecule is Cc1ccc(-c2nnc([C@H](C)Sc3nncn3C)o2)cc1. The maximum absolute atomic E-state index is 5.76. The van der Waals surface area contributed by atoms with Crippen LogP contribution in [0.5, 0.6) is 0 Å². The van der Waals surface area contributed by atoms with Gasteiger partial charge in [0.05, 0.1) is 5.25 Å². The van der Waals surface area contributed by atoms with Gasteiger partial charge in [-0.25, -0.2) is 0 Å². The van der Waals surface area contributed by atoms with Crippen LogP contribution in [0.4, 0.5) is 0 Å². The van der Waals surface area contributed by atoms with Gasteiger partial charge in [-0.05, 0) is 26.0 Å². The normalized spacial score (nSPS) is 12.5. The Morgan fingerprint density at radius 3 is 2.57 bits per heavy atom. The molecule has 21 heavy (non-hydrogen) atoms. The Morgan fingerprint density at radius 2 is 1.90 bits per heavy atom. The smallest absolute Gasteiger partial charge is 0.247 e. The molecule has 0 aliphatic rings. The molecule has 0 aliphatic carbocycles. The van der Waals surface area contributed by atoms with Gasteiger partial charge in [-0.1, -0.05) is 29.5 Å². The lowest BCUT2D eigenvalue weighted by atomic mass is 10.1. The molecule has 0 bridgehead atoms. The summed E-state index contributed by atoms with van der Waals surface area (Å²) < 4.78 is 7.62. The summed E-state index contributed by atoms with van der Waals surface area (Å²) in [5, 5.41) is 17.0. The van der Waals surface area contributed by atoms with Gasteiger partial charge in [0.15, 0.2) is 5.16 Å². The van der Waals surface area contributed by atoms with Crippen LogP contribution in [0.1, 0.15) is 23.6 Å². The van der Waals surface area contributed by atoms with Crippen LogP contribution in [0, 0.1) is 6.92 Å². The van der Waals surface area contributed by atoms with Crippen molar-refractivity contribution in [2.75, 3.05) is 0 Å². The summed E-state index contributed by atoms with van der Waals surface area (Å²) in [5.41, 5.74) is 2.12. The van der Waals surface area contributed by atoms with Crippen molar-refractivity contribution in [2.45, 2.75) is 24.3 Å². The van der Waals surface area contributed by atoms with Crippen molar-refractivity contribution in [3.63, 3.8) is 0 Å². The highest BCUT2D eigenvalue weighted by Gasteiger charge is 2.18. The zero-order valence-corrected chi connectivity index (χ0v) is 12.8. The summed E-state index contributed by atoms with van der Waals surface area (Å²) in [6.45, 7) is 4.05. The van der Waals surface area contributed by atoms with Crippen LogP contribution in [0.15, 0.2) is 40.2 Å². The third kappa shape index (κ3) is 2.97. The topological polar surface area (TPSA) is 69.6 Å². The minimum absolute atomic E-state index is 0.0135. The van der Waals surface area contributed by atoms with Gasteiger partial charge in [0, 0.05) is 12.6 Å². The molecule has 108 valence electrons. The Morgan fingerprint density at radius 1 is 1.14 bits per heavy atom. The summed E-state index contributed by atoms with van der Waals surface area (Å²) in [6.07, 6.45) is 1.67. The van der Waals surface area contributed by atoms with E-state index in [1.165, 1.54) is 17.3 Å². The van der Waals surface area contributed by atoms with Crippen LogP contribution in [-0.2, 0) is 7.05 Å². The van der Waals surface area contributed by atoms with Crippen molar-refractivity contribution in [3.8, 4) is 11.5 Å². The summed E-state index contributed by atoms with van der Waals surface area (Å²) in [4.78, 5) is 0. The minimum Gasteiger partial charge on any atom is -0.419 e. The Kier molecular flexibility index (Phi) is 3.74.